The van der Waals surface area contributed by atoms with Crippen LogP contribution in [0.5, 0.6) is 0 Å². The van der Waals surface area contributed by atoms with Crippen molar-refractivity contribution in [2.24, 2.45) is 11.8 Å². The van der Waals surface area contributed by atoms with E-state index >= 15 is 0 Å². The van der Waals surface area contributed by atoms with Gasteiger partial charge in [-0.3, -0.25) is 13.7 Å². The number of nitrogens with zero attached hydrogens (tertiary/aromatic N) is 8. The average Bonchev–Trinajstić information content (AvgIpc) is 3.73. The minimum atomic E-state index is -3.70. The first-order valence-electron chi connectivity index (χ1n) is 14.0. The lowest BCUT2D eigenvalue weighted by Crippen LogP contribution is -2.44. The molecule has 0 amide bonds. The number of rotatable bonds is 2. The highest BCUT2D eigenvalue weighted by atomic mass is 32.7. The number of ether oxygens (including phenoxy) is 2. The number of imidazole rings is 2. The highest BCUT2D eigenvalue weighted by molar-refractivity contribution is 8.45. The van der Waals surface area contributed by atoms with Gasteiger partial charge in [0.2, 0.25) is 0 Å². The van der Waals surface area contributed by atoms with Crippen LogP contribution in [-0.2, 0) is 34.9 Å². The molecule has 0 spiro atoms. The second-order valence-corrected chi connectivity index (χ2v) is 17.5. The number of nitrogens with one attached hydrogen (secondary N) is 2. The lowest BCUT2D eigenvalue weighted by atomic mass is 10.00. The highest BCUT2D eigenvalue weighted by Gasteiger charge is 2.50. The van der Waals surface area contributed by atoms with E-state index in [1.807, 2.05) is 36.8 Å². The maximum absolute atomic E-state index is 13.8. The fourth-order valence-corrected chi connectivity index (χ4v) is 9.79. The fourth-order valence-electron chi connectivity index (χ4n) is 6.24. The van der Waals surface area contributed by atoms with Crippen LogP contribution in [0.15, 0.2) is 25.3 Å². The highest BCUT2D eigenvalue weighted by Crippen LogP contribution is 2.53. The normalized spacial score (nSPS) is 38.3. The molecule has 4 aromatic rings. The molecule has 0 aromatic carbocycles. The first-order valence-corrected chi connectivity index (χ1v) is 19.5. The van der Waals surface area contributed by atoms with Crippen molar-refractivity contribution in [3.8, 4) is 0 Å². The summed E-state index contributed by atoms with van der Waals surface area (Å²) >= 11 is 10.00. The molecule has 16 nitrogen and oxygen atoms in total. The molecule has 236 valence electrons. The van der Waals surface area contributed by atoms with E-state index in [9.17, 15) is 9.46 Å². The molecular formula is C24H32N10O6P2S2. The van der Waals surface area contributed by atoms with Crippen LogP contribution >= 0.6 is 25.6 Å². The number of fused-ring (bicyclic) bond motifs is 4. The van der Waals surface area contributed by atoms with Crippen LogP contribution in [0.4, 0.5) is 0 Å². The molecule has 3 aliphatic heterocycles. The summed E-state index contributed by atoms with van der Waals surface area (Å²) in [6.45, 7) is 0.130. The number of hydrogen-bond acceptors (Lipinski definition) is 12. The zero-order chi connectivity index (χ0) is 31.0. The number of aromatic nitrogens is 8. The molecule has 0 aliphatic carbocycles. The van der Waals surface area contributed by atoms with E-state index in [1.165, 1.54) is 12.7 Å². The molecule has 4 aromatic heterocycles. The van der Waals surface area contributed by atoms with Gasteiger partial charge < -0.3 is 23.4 Å². The van der Waals surface area contributed by atoms with Crippen molar-refractivity contribution in [2.45, 2.75) is 64.4 Å². The minimum absolute atomic E-state index is 0.0912. The number of hydrogen-bond donors (Lipinski definition) is 4. The van der Waals surface area contributed by atoms with E-state index in [0.29, 0.717) is 22.3 Å². The largest absolute Gasteiger partial charge is 0.350 e. The molecule has 3 fully saturated rings. The molecule has 0 bridgehead atoms. The van der Waals surface area contributed by atoms with Crippen LogP contribution < -0.4 is 10.2 Å². The quantitative estimate of drug-likeness (QED) is 0.178. The predicted molar refractivity (Wildman–Crippen MR) is 165 cm³/mol. The molecule has 20 heteroatoms. The minimum Gasteiger partial charge on any atom is -0.350 e. The lowest BCUT2D eigenvalue weighted by molar-refractivity contribution is -0.0307. The van der Waals surface area contributed by atoms with Crippen molar-refractivity contribution in [1.29, 1.82) is 0 Å². The van der Waals surface area contributed by atoms with E-state index in [1.54, 1.807) is 12.7 Å². The molecule has 3 aliphatic rings. The van der Waals surface area contributed by atoms with Gasteiger partial charge in [-0.15, -0.1) is 0 Å². The summed E-state index contributed by atoms with van der Waals surface area (Å²) in [5.74, 6) is -0.531. The lowest BCUT2D eigenvalue weighted by Gasteiger charge is -2.31. The smallest absolute Gasteiger partial charge is 0.323 e. The topological polar surface area (TPSA) is 185 Å². The third-order valence-electron chi connectivity index (χ3n) is 8.55. The Labute approximate surface area is 262 Å². The fraction of sp³-hybridized carbons (Fsp3) is 0.583. The third kappa shape index (κ3) is 5.43. The first-order chi connectivity index (χ1) is 20.9. The van der Waals surface area contributed by atoms with Gasteiger partial charge in [0.25, 0.3) is 6.64 Å². The zero-order valence-electron chi connectivity index (χ0n) is 24.2. The Morgan fingerprint density at radius 2 is 1.32 bits per heavy atom. The van der Waals surface area contributed by atoms with Crippen LogP contribution in [0, 0.1) is 25.7 Å². The van der Waals surface area contributed by atoms with Gasteiger partial charge in [0, 0.05) is 11.8 Å². The molecule has 3 N–H and O–H groups in total. The van der Waals surface area contributed by atoms with Crippen LogP contribution in [0.2, 0.25) is 0 Å². The van der Waals surface area contributed by atoms with Gasteiger partial charge in [0.1, 0.15) is 48.4 Å². The second kappa shape index (κ2) is 11.4. The van der Waals surface area contributed by atoms with Gasteiger partial charge >= 0.3 is 6.72 Å². The summed E-state index contributed by atoms with van der Waals surface area (Å²) in [5.41, 5.74) is 4.00. The van der Waals surface area contributed by atoms with Crippen molar-refractivity contribution in [3.05, 3.63) is 36.7 Å². The molecule has 7 rings (SSSR count). The standard InChI is InChI=1S/C24H32N10O6P2S2/c1-11-17-15(39-23(11)33-9-29-19-13(3)25-7-27-21(19)33)5-37-42(36,44)32-18-12(2)24(40-16(18)6-38-41(35,43)31-17)34-10-30-20-14(4)26-8-28-22(20)34/h7-12,15-18,23-24H,5-6H2,1-4H3,(H2,31,35,43)(H2,32,36,44)/t11-,12-,15-,16-,17+,18+,23-,24?,41?,42?/m1/s1. The van der Waals surface area contributed by atoms with Crippen molar-refractivity contribution < 1.29 is 28.0 Å². The molecule has 44 heavy (non-hydrogen) atoms. The summed E-state index contributed by atoms with van der Waals surface area (Å²) in [5, 5.41) is 6.20. The van der Waals surface area contributed by atoms with Crippen LogP contribution in [0.3, 0.4) is 0 Å². The van der Waals surface area contributed by atoms with Crippen molar-refractivity contribution >= 4 is 59.7 Å². The van der Waals surface area contributed by atoms with Crippen LogP contribution in [0.25, 0.3) is 22.3 Å². The van der Waals surface area contributed by atoms with E-state index in [4.69, 9.17) is 30.3 Å². The molecule has 10 atom stereocenters. The maximum atomic E-state index is 13.8. The Morgan fingerprint density at radius 1 is 0.841 bits per heavy atom. The zero-order valence-corrected chi connectivity index (χ0v) is 27.7. The molecule has 0 saturated carbocycles. The van der Waals surface area contributed by atoms with E-state index in [0.717, 1.165) is 11.4 Å². The molecule has 7 heterocycles. The van der Waals surface area contributed by atoms with Crippen molar-refractivity contribution in [2.75, 3.05) is 13.2 Å². The number of aryl methyl sites for hydroxylation is 2. The van der Waals surface area contributed by atoms with Gasteiger partial charge in [0.15, 0.2) is 11.3 Å². The molecule has 0 radical (unpaired) electrons. The average molecular weight is 683 g/mol. The third-order valence-corrected chi connectivity index (χ3v) is 12.1. The first kappa shape index (κ1) is 30.7. The van der Waals surface area contributed by atoms with Gasteiger partial charge in [-0.25, -0.2) is 40.1 Å². The maximum Gasteiger partial charge on any atom is 0.323 e. The van der Waals surface area contributed by atoms with Crippen molar-refractivity contribution in [1.82, 2.24) is 49.2 Å². The number of thiol groups is 1. The molecule has 3 saturated heterocycles. The van der Waals surface area contributed by atoms with Crippen molar-refractivity contribution in [3.63, 3.8) is 0 Å². The Kier molecular flexibility index (Phi) is 7.94. The predicted octanol–water partition coefficient (Wildman–Crippen LogP) is 2.57. The van der Waals surface area contributed by atoms with Gasteiger partial charge in [-0.2, -0.15) is 0 Å². The molecular weight excluding hydrogens is 650 g/mol. The summed E-state index contributed by atoms with van der Waals surface area (Å²) in [6.07, 6.45) is 3.79. The Morgan fingerprint density at radius 3 is 1.84 bits per heavy atom. The Balaban J connectivity index is 1.17. The van der Waals surface area contributed by atoms with Gasteiger partial charge in [0.05, 0.1) is 49.3 Å². The van der Waals surface area contributed by atoms with E-state index < -0.39 is 50.1 Å². The van der Waals surface area contributed by atoms with Crippen LogP contribution in [0.1, 0.15) is 37.7 Å². The van der Waals surface area contributed by atoms with Gasteiger partial charge in [-0.1, -0.05) is 26.1 Å². The SMILES string of the molecule is Cc1ncnc2c1ncn2C1O[C@@H]2COP(O)(=S)N[C@H]3[C@@H](C)[C@H](n4cnc5c(C)ncnc54)O[C@@H]3COP(=O)(S)N[C@H]2[C@H]1C. The van der Waals surface area contributed by atoms with Gasteiger partial charge in [-0.05, 0) is 25.7 Å². The summed E-state index contributed by atoms with van der Waals surface area (Å²) in [4.78, 5) is 37.5. The van der Waals surface area contributed by atoms with E-state index in [-0.39, 0.29) is 25.0 Å². The van der Waals surface area contributed by atoms with Crippen LogP contribution in [-0.4, -0.2) is 81.4 Å². The second-order valence-electron chi connectivity index (χ2n) is 11.4. The summed E-state index contributed by atoms with van der Waals surface area (Å²) < 4.78 is 42.2. The summed E-state index contributed by atoms with van der Waals surface area (Å²) in [6, 6.07) is -1.08. The monoisotopic (exact) mass is 682 g/mol. The van der Waals surface area contributed by atoms with E-state index in [2.05, 4.69) is 52.3 Å². The molecule has 3 unspecified atom stereocenters. The Hall–Kier alpha value is -1.95. The summed E-state index contributed by atoms with van der Waals surface area (Å²) in [7, 11) is 0. The Bertz CT molecular complexity index is 1700.